The zero-order chi connectivity index (χ0) is 33.9. The average Bonchev–Trinajstić information content (AvgIpc) is 3.01. The predicted octanol–water partition coefficient (Wildman–Crippen LogP) is 5.93. The van der Waals surface area contributed by atoms with Gasteiger partial charge in [-0.1, -0.05) is 25.1 Å². The van der Waals surface area contributed by atoms with Gasteiger partial charge in [0.2, 0.25) is 5.91 Å². The first-order chi connectivity index (χ1) is 21.8. The number of halogens is 3. The van der Waals surface area contributed by atoms with Crippen LogP contribution in [0.25, 0.3) is 0 Å². The summed E-state index contributed by atoms with van der Waals surface area (Å²) in [6, 6.07) is 12.5. The van der Waals surface area contributed by atoms with E-state index in [1.165, 1.54) is 28.0 Å². The van der Waals surface area contributed by atoms with E-state index in [0.717, 1.165) is 12.8 Å². The molecule has 0 saturated heterocycles. The second kappa shape index (κ2) is 17.2. The van der Waals surface area contributed by atoms with Crippen molar-refractivity contribution in [2.75, 3.05) is 44.0 Å². The lowest BCUT2D eigenvalue weighted by atomic mass is 10.0. The summed E-state index contributed by atoms with van der Waals surface area (Å²) >= 11 is 0. The number of carbonyl (C=O) groups is 3. The maximum Gasteiger partial charge on any atom is 0.389 e. The first-order valence-corrected chi connectivity index (χ1v) is 15.5. The SMILES string of the molecule is C[C@H](CO)N1C[C@H](C)[C@H](CN(C)C(=O)Nc2ccccc2)OCCCC[C@H](C)Oc2ccc(NC(=O)CCC(F)(F)F)cc2C1=O. The monoisotopic (exact) mass is 650 g/mol. The molecule has 2 aromatic rings. The van der Waals surface area contributed by atoms with Crippen molar-refractivity contribution in [1.29, 1.82) is 0 Å². The number of carbonyl (C=O) groups excluding carboxylic acids is 3. The fraction of sp³-hybridized carbons (Fsp3) is 0.545. The maximum absolute atomic E-state index is 14.2. The Bertz CT molecular complexity index is 1300. The van der Waals surface area contributed by atoms with Gasteiger partial charge in [-0.2, -0.15) is 13.2 Å². The highest BCUT2D eigenvalue weighted by Crippen LogP contribution is 2.29. The number of fused-ring (bicyclic) bond motifs is 1. The Morgan fingerprint density at radius 1 is 1.09 bits per heavy atom. The molecule has 3 rings (SSSR count). The van der Waals surface area contributed by atoms with Crippen LogP contribution in [-0.4, -0.2) is 90.5 Å². The van der Waals surface area contributed by atoms with Crippen molar-refractivity contribution in [3.8, 4) is 5.75 Å². The molecular formula is C33H45F3N4O6. The Morgan fingerprint density at radius 2 is 1.80 bits per heavy atom. The molecule has 46 heavy (non-hydrogen) atoms. The van der Waals surface area contributed by atoms with E-state index >= 15 is 0 Å². The number of rotatable bonds is 8. The number of likely N-dealkylation sites (N-methyl/N-ethyl adjacent to an activating group) is 1. The highest BCUT2D eigenvalue weighted by atomic mass is 19.4. The highest BCUT2D eigenvalue weighted by Gasteiger charge is 2.31. The predicted molar refractivity (Wildman–Crippen MR) is 169 cm³/mol. The molecule has 10 nitrogen and oxygen atoms in total. The van der Waals surface area contributed by atoms with Crippen molar-refractivity contribution in [3.05, 3.63) is 54.1 Å². The van der Waals surface area contributed by atoms with Crippen molar-refractivity contribution in [1.82, 2.24) is 9.80 Å². The van der Waals surface area contributed by atoms with Gasteiger partial charge >= 0.3 is 12.2 Å². The maximum atomic E-state index is 14.2. The number of anilines is 2. The second-order valence-corrected chi connectivity index (χ2v) is 11.9. The number of hydrogen-bond acceptors (Lipinski definition) is 6. The van der Waals surface area contributed by atoms with Gasteiger partial charge < -0.3 is 35.0 Å². The molecule has 1 aliphatic rings. The van der Waals surface area contributed by atoms with E-state index in [1.54, 1.807) is 26.1 Å². The number of urea groups is 1. The normalized spacial score (nSPS) is 20.5. The van der Waals surface area contributed by atoms with Crippen LogP contribution in [0, 0.1) is 5.92 Å². The number of nitrogens with zero attached hydrogens (tertiary/aromatic N) is 2. The van der Waals surface area contributed by atoms with Crippen molar-refractivity contribution < 1.29 is 42.1 Å². The first kappa shape index (κ1) is 36.6. The molecule has 0 spiro atoms. The summed E-state index contributed by atoms with van der Waals surface area (Å²) in [6.07, 6.45) is -5.07. The number of aliphatic hydroxyl groups is 1. The summed E-state index contributed by atoms with van der Waals surface area (Å²) in [6.45, 7) is 5.94. The van der Waals surface area contributed by atoms with E-state index in [-0.39, 0.29) is 54.7 Å². The van der Waals surface area contributed by atoms with E-state index < -0.39 is 43.0 Å². The number of hydrogen-bond donors (Lipinski definition) is 3. The van der Waals surface area contributed by atoms with Crippen LogP contribution in [0.3, 0.4) is 0 Å². The fourth-order valence-electron chi connectivity index (χ4n) is 5.03. The molecule has 1 aliphatic heterocycles. The molecule has 3 N–H and O–H groups in total. The summed E-state index contributed by atoms with van der Waals surface area (Å²) in [5, 5.41) is 15.4. The minimum absolute atomic E-state index is 0.0989. The van der Waals surface area contributed by atoms with Crippen molar-refractivity contribution >= 4 is 29.2 Å². The lowest BCUT2D eigenvalue weighted by Gasteiger charge is -2.35. The van der Waals surface area contributed by atoms with Crippen LogP contribution in [-0.2, 0) is 9.53 Å². The third-order valence-electron chi connectivity index (χ3n) is 7.80. The van der Waals surface area contributed by atoms with Gasteiger partial charge in [-0.25, -0.2) is 4.79 Å². The third-order valence-corrected chi connectivity index (χ3v) is 7.80. The summed E-state index contributed by atoms with van der Waals surface area (Å²) in [7, 11) is 1.67. The summed E-state index contributed by atoms with van der Waals surface area (Å²) in [4.78, 5) is 42.4. The number of amides is 4. The van der Waals surface area contributed by atoms with Gasteiger partial charge in [0.1, 0.15) is 5.75 Å². The Hall–Kier alpha value is -3.84. The second-order valence-electron chi connectivity index (χ2n) is 11.9. The summed E-state index contributed by atoms with van der Waals surface area (Å²) < 4.78 is 50.4. The molecule has 2 aromatic carbocycles. The minimum atomic E-state index is -4.48. The van der Waals surface area contributed by atoms with Crippen molar-refractivity contribution in [3.63, 3.8) is 0 Å². The lowest BCUT2D eigenvalue weighted by molar-refractivity contribution is -0.142. The molecule has 4 amide bonds. The molecule has 13 heteroatoms. The fourth-order valence-corrected chi connectivity index (χ4v) is 5.03. The van der Waals surface area contributed by atoms with E-state index in [0.29, 0.717) is 18.7 Å². The van der Waals surface area contributed by atoms with Gasteiger partial charge in [-0.3, -0.25) is 9.59 Å². The molecule has 0 saturated carbocycles. The number of para-hydroxylation sites is 1. The molecule has 0 aliphatic carbocycles. The average molecular weight is 651 g/mol. The molecular weight excluding hydrogens is 605 g/mol. The first-order valence-electron chi connectivity index (χ1n) is 15.5. The lowest BCUT2D eigenvalue weighted by Crippen LogP contribution is -2.48. The largest absolute Gasteiger partial charge is 0.490 e. The highest BCUT2D eigenvalue weighted by molar-refractivity contribution is 5.99. The van der Waals surface area contributed by atoms with Gasteiger partial charge in [-0.15, -0.1) is 0 Å². The van der Waals surface area contributed by atoms with Crippen molar-refractivity contribution in [2.24, 2.45) is 5.92 Å². The third kappa shape index (κ3) is 11.5. The van der Waals surface area contributed by atoms with Gasteiger partial charge in [0.15, 0.2) is 0 Å². The van der Waals surface area contributed by atoms with Crippen LogP contribution in [0.1, 0.15) is 63.2 Å². The summed E-state index contributed by atoms with van der Waals surface area (Å²) in [5.74, 6) is -1.36. The van der Waals surface area contributed by atoms with Crippen LogP contribution in [0.5, 0.6) is 5.75 Å². The molecule has 0 aromatic heterocycles. The van der Waals surface area contributed by atoms with E-state index in [4.69, 9.17) is 9.47 Å². The standard InChI is InChI=1S/C33H45F3N4O6/c1-22-19-40(23(2)21-41)31(43)27-18-26(37-30(42)15-16-33(34,35)36)13-14-28(27)46-24(3)10-8-9-17-45-29(22)20-39(4)32(44)38-25-11-6-5-7-12-25/h5-7,11-14,18,22-24,29,41H,8-10,15-17,19-21H2,1-4H3,(H,37,42)(H,38,44)/t22-,23+,24-,29-/m0/s1. The van der Waals surface area contributed by atoms with Crippen LogP contribution in [0.2, 0.25) is 0 Å². The number of ether oxygens (including phenoxy) is 2. The zero-order valence-electron chi connectivity index (χ0n) is 26.8. The number of nitrogens with one attached hydrogen (secondary N) is 2. The molecule has 1 heterocycles. The Balaban J connectivity index is 1.88. The minimum Gasteiger partial charge on any atom is -0.490 e. The number of benzene rings is 2. The van der Waals surface area contributed by atoms with Crippen LogP contribution in [0.4, 0.5) is 29.3 Å². The molecule has 0 fully saturated rings. The van der Waals surface area contributed by atoms with Gasteiger partial charge in [0.25, 0.3) is 5.91 Å². The molecule has 254 valence electrons. The molecule has 0 unspecified atom stereocenters. The molecule has 0 radical (unpaired) electrons. The number of aliphatic hydroxyl groups excluding tert-OH is 1. The smallest absolute Gasteiger partial charge is 0.389 e. The van der Waals surface area contributed by atoms with E-state index in [1.807, 2.05) is 32.0 Å². The Morgan fingerprint density at radius 3 is 2.48 bits per heavy atom. The van der Waals surface area contributed by atoms with E-state index in [2.05, 4.69) is 10.6 Å². The quantitative estimate of drug-likeness (QED) is 0.326. The van der Waals surface area contributed by atoms with Crippen LogP contribution in [0.15, 0.2) is 48.5 Å². The van der Waals surface area contributed by atoms with Gasteiger partial charge in [0, 0.05) is 50.5 Å². The van der Waals surface area contributed by atoms with Gasteiger partial charge in [0.05, 0.1) is 36.8 Å². The van der Waals surface area contributed by atoms with Crippen LogP contribution < -0.4 is 15.4 Å². The Labute approximate surface area is 268 Å². The summed E-state index contributed by atoms with van der Waals surface area (Å²) in [5.41, 5.74) is 0.897. The topological polar surface area (TPSA) is 120 Å². The zero-order valence-corrected chi connectivity index (χ0v) is 26.8. The van der Waals surface area contributed by atoms with Crippen LogP contribution >= 0.6 is 0 Å². The van der Waals surface area contributed by atoms with Crippen molar-refractivity contribution in [2.45, 2.75) is 77.3 Å². The van der Waals surface area contributed by atoms with E-state index in [9.17, 15) is 32.7 Å². The number of alkyl halides is 3. The van der Waals surface area contributed by atoms with Gasteiger partial charge in [-0.05, 0) is 63.4 Å². The Kier molecular flexibility index (Phi) is 13.7. The molecule has 4 atom stereocenters. The molecule has 0 bridgehead atoms.